The highest BCUT2D eigenvalue weighted by Gasteiger charge is 2.34. The highest BCUT2D eigenvalue weighted by atomic mass is 32.1. The van der Waals surface area contributed by atoms with Crippen LogP contribution in [0.2, 0.25) is 0 Å². The number of hydrogen-bond donors (Lipinski definition) is 1. The van der Waals surface area contributed by atoms with Crippen LogP contribution in [0.3, 0.4) is 0 Å². The van der Waals surface area contributed by atoms with Crippen LogP contribution in [0.4, 0.5) is 17.6 Å². The van der Waals surface area contributed by atoms with E-state index in [2.05, 4.69) is 4.98 Å². The molecule has 0 aliphatic carbocycles. The SMILES string of the molecule is O=C(O)c1cnc(-c2cc(F)ccc2C(F)(F)F)s1. The first kappa shape index (κ1) is 13.5. The number of carboxylic acid groups (broad SMARTS) is 1. The van der Waals surface area contributed by atoms with Gasteiger partial charge in [0, 0.05) is 5.56 Å². The molecule has 0 fully saturated rings. The van der Waals surface area contributed by atoms with Crippen molar-refractivity contribution in [1.82, 2.24) is 4.98 Å². The molecule has 2 rings (SSSR count). The molecule has 0 bridgehead atoms. The maximum Gasteiger partial charge on any atom is 0.417 e. The number of carboxylic acids is 1. The minimum Gasteiger partial charge on any atom is -0.477 e. The van der Waals surface area contributed by atoms with E-state index in [1.165, 1.54) is 0 Å². The highest BCUT2D eigenvalue weighted by Crippen LogP contribution is 2.38. The van der Waals surface area contributed by atoms with Gasteiger partial charge in [-0.1, -0.05) is 0 Å². The van der Waals surface area contributed by atoms with Crippen LogP contribution in [0.1, 0.15) is 15.2 Å². The Morgan fingerprint density at radius 1 is 1.32 bits per heavy atom. The number of nitrogens with zero attached hydrogens (tertiary/aromatic N) is 1. The van der Waals surface area contributed by atoms with Crippen molar-refractivity contribution in [3.63, 3.8) is 0 Å². The van der Waals surface area contributed by atoms with Gasteiger partial charge in [-0.3, -0.25) is 0 Å². The van der Waals surface area contributed by atoms with Crippen molar-refractivity contribution in [3.05, 3.63) is 40.7 Å². The van der Waals surface area contributed by atoms with Crippen LogP contribution < -0.4 is 0 Å². The quantitative estimate of drug-likeness (QED) is 0.859. The Balaban J connectivity index is 2.59. The fraction of sp³-hybridized carbons (Fsp3) is 0.0909. The van der Waals surface area contributed by atoms with Crippen molar-refractivity contribution in [2.75, 3.05) is 0 Å². The molecule has 1 N–H and O–H groups in total. The van der Waals surface area contributed by atoms with Crippen LogP contribution in [0.25, 0.3) is 10.6 Å². The molecule has 0 amide bonds. The minimum atomic E-state index is -4.67. The Hall–Kier alpha value is -1.96. The summed E-state index contributed by atoms with van der Waals surface area (Å²) in [5.74, 6) is -2.15. The summed E-state index contributed by atoms with van der Waals surface area (Å²) in [6.07, 6.45) is -3.73. The number of hydrogen-bond acceptors (Lipinski definition) is 3. The number of alkyl halides is 3. The Bertz CT molecular complexity index is 636. The third-order valence-corrected chi connectivity index (χ3v) is 3.25. The largest absolute Gasteiger partial charge is 0.477 e. The molecule has 0 aliphatic heterocycles. The van der Waals surface area contributed by atoms with Crippen molar-refractivity contribution in [2.45, 2.75) is 6.18 Å². The summed E-state index contributed by atoms with van der Waals surface area (Å²) in [6, 6.07) is 1.98. The first-order valence-corrected chi connectivity index (χ1v) is 5.67. The van der Waals surface area contributed by atoms with Crippen LogP contribution in [0.15, 0.2) is 24.4 Å². The molecule has 1 heterocycles. The molecule has 2 aromatic rings. The van der Waals surface area contributed by atoms with E-state index < -0.39 is 29.1 Å². The second-order valence-electron chi connectivity index (χ2n) is 3.52. The van der Waals surface area contributed by atoms with Crippen molar-refractivity contribution < 1.29 is 27.5 Å². The van der Waals surface area contributed by atoms with Crippen LogP contribution in [-0.4, -0.2) is 16.1 Å². The van der Waals surface area contributed by atoms with Gasteiger partial charge in [0.2, 0.25) is 0 Å². The van der Waals surface area contributed by atoms with Crippen LogP contribution in [-0.2, 0) is 6.18 Å². The third kappa shape index (κ3) is 2.73. The number of rotatable bonds is 2. The molecule has 0 unspecified atom stereocenters. The lowest BCUT2D eigenvalue weighted by molar-refractivity contribution is -0.137. The van der Waals surface area contributed by atoms with Crippen molar-refractivity contribution in [2.24, 2.45) is 0 Å². The predicted molar refractivity (Wildman–Crippen MR) is 59.5 cm³/mol. The molecule has 0 spiro atoms. The highest BCUT2D eigenvalue weighted by molar-refractivity contribution is 7.16. The molecule has 0 radical (unpaired) electrons. The van der Waals surface area contributed by atoms with E-state index in [-0.39, 0.29) is 9.88 Å². The Morgan fingerprint density at radius 3 is 2.53 bits per heavy atom. The van der Waals surface area contributed by atoms with E-state index in [4.69, 9.17) is 5.11 Å². The number of halogens is 4. The lowest BCUT2D eigenvalue weighted by Crippen LogP contribution is -2.07. The summed E-state index contributed by atoms with van der Waals surface area (Å²) >= 11 is 0.556. The van der Waals surface area contributed by atoms with Gasteiger partial charge in [-0.15, -0.1) is 11.3 Å². The van der Waals surface area contributed by atoms with E-state index in [1.54, 1.807) is 0 Å². The van der Waals surface area contributed by atoms with Gasteiger partial charge in [-0.2, -0.15) is 13.2 Å². The third-order valence-electron chi connectivity index (χ3n) is 2.23. The monoisotopic (exact) mass is 291 g/mol. The van der Waals surface area contributed by atoms with Gasteiger partial charge in [-0.05, 0) is 18.2 Å². The number of thiazole rings is 1. The Morgan fingerprint density at radius 2 is 2.00 bits per heavy atom. The molecule has 0 saturated heterocycles. The van der Waals surface area contributed by atoms with Gasteiger partial charge in [0.1, 0.15) is 15.7 Å². The van der Waals surface area contributed by atoms with E-state index in [0.717, 1.165) is 6.20 Å². The summed E-state index contributed by atoms with van der Waals surface area (Å²) in [5.41, 5.74) is -1.52. The van der Waals surface area contributed by atoms with Gasteiger partial charge < -0.3 is 5.11 Å². The molecule has 19 heavy (non-hydrogen) atoms. The molecular formula is C11H5F4NO2S. The number of carbonyl (C=O) groups is 1. The normalized spacial score (nSPS) is 11.6. The summed E-state index contributed by atoms with van der Waals surface area (Å²) in [7, 11) is 0. The van der Waals surface area contributed by atoms with Crippen LogP contribution in [0.5, 0.6) is 0 Å². The predicted octanol–water partition coefficient (Wildman–Crippen LogP) is 3.67. The second-order valence-corrected chi connectivity index (χ2v) is 4.55. The maximum atomic E-state index is 13.1. The fourth-order valence-corrected chi connectivity index (χ4v) is 2.22. The maximum absolute atomic E-state index is 13.1. The zero-order chi connectivity index (χ0) is 14.2. The van der Waals surface area contributed by atoms with Gasteiger partial charge in [0.15, 0.2) is 0 Å². The lowest BCUT2D eigenvalue weighted by Gasteiger charge is -2.10. The molecular weight excluding hydrogens is 286 g/mol. The summed E-state index contributed by atoms with van der Waals surface area (Å²) in [6.45, 7) is 0. The molecule has 8 heteroatoms. The van der Waals surface area contributed by atoms with Gasteiger partial charge >= 0.3 is 12.1 Å². The van der Waals surface area contributed by atoms with E-state index in [0.29, 0.717) is 29.5 Å². The first-order chi connectivity index (χ1) is 8.79. The second kappa shape index (κ2) is 4.61. The van der Waals surface area contributed by atoms with Gasteiger partial charge in [0.05, 0.1) is 11.8 Å². The fourth-order valence-electron chi connectivity index (χ4n) is 1.44. The average Bonchev–Trinajstić information content (AvgIpc) is 2.76. The number of aromatic carboxylic acids is 1. The first-order valence-electron chi connectivity index (χ1n) is 4.85. The summed E-state index contributed by atoms with van der Waals surface area (Å²) < 4.78 is 51.4. The number of benzene rings is 1. The van der Waals surface area contributed by atoms with Gasteiger partial charge in [-0.25, -0.2) is 14.2 Å². The van der Waals surface area contributed by atoms with E-state index in [1.807, 2.05) is 0 Å². The molecule has 0 atom stereocenters. The van der Waals surface area contributed by atoms with E-state index >= 15 is 0 Å². The molecule has 0 saturated carbocycles. The van der Waals surface area contributed by atoms with Crippen LogP contribution >= 0.6 is 11.3 Å². The zero-order valence-electron chi connectivity index (χ0n) is 9.03. The molecule has 1 aromatic heterocycles. The summed E-state index contributed by atoms with van der Waals surface area (Å²) in [4.78, 5) is 14.0. The topological polar surface area (TPSA) is 50.2 Å². The van der Waals surface area contributed by atoms with Crippen molar-refractivity contribution in [1.29, 1.82) is 0 Å². The van der Waals surface area contributed by atoms with Crippen LogP contribution in [0, 0.1) is 5.82 Å². The smallest absolute Gasteiger partial charge is 0.417 e. The summed E-state index contributed by atoms with van der Waals surface area (Å²) in [5, 5.41) is 8.51. The molecule has 3 nitrogen and oxygen atoms in total. The minimum absolute atomic E-state index is 0.191. The Kier molecular flexibility index (Phi) is 3.27. The zero-order valence-corrected chi connectivity index (χ0v) is 9.85. The molecule has 0 aliphatic rings. The Labute approximate surface area is 108 Å². The number of aromatic nitrogens is 1. The van der Waals surface area contributed by atoms with E-state index in [9.17, 15) is 22.4 Å². The van der Waals surface area contributed by atoms with Crippen molar-refractivity contribution in [3.8, 4) is 10.6 Å². The van der Waals surface area contributed by atoms with Gasteiger partial charge in [0.25, 0.3) is 0 Å². The lowest BCUT2D eigenvalue weighted by atomic mass is 10.1. The average molecular weight is 291 g/mol. The standard InChI is InChI=1S/C11H5F4NO2S/c12-5-1-2-7(11(13,14)15)6(3-5)9-16-4-8(19-9)10(17)18/h1-4H,(H,17,18). The van der Waals surface area contributed by atoms with Crippen molar-refractivity contribution >= 4 is 17.3 Å². The molecule has 100 valence electrons. The molecule has 1 aromatic carbocycles.